The van der Waals surface area contributed by atoms with Crippen molar-refractivity contribution in [1.29, 1.82) is 0 Å². The normalized spacial score (nSPS) is 24.4. The smallest absolute Gasteiger partial charge is 0.354 e. The third kappa shape index (κ3) is 5.92. The Hall–Kier alpha value is -3.50. The number of morpholine rings is 1. The molecule has 0 radical (unpaired) electrons. The van der Waals surface area contributed by atoms with E-state index in [-0.39, 0.29) is 16.7 Å². The summed E-state index contributed by atoms with van der Waals surface area (Å²) in [6, 6.07) is 7.87. The molecule has 0 unspecified atom stereocenters. The van der Waals surface area contributed by atoms with Gasteiger partial charge in [-0.2, -0.15) is 0 Å². The number of aromatic carboxylic acids is 1. The molecule has 1 aromatic carbocycles. The molecule has 2 bridgehead atoms. The zero-order valence-electron chi connectivity index (χ0n) is 26.0. The summed E-state index contributed by atoms with van der Waals surface area (Å²) in [5, 5.41) is 16.8. The molecule has 5 fully saturated rings. The Kier molecular flexibility index (Phi) is 7.99. The number of halogens is 2. The lowest BCUT2D eigenvalue weighted by Crippen LogP contribution is -2.46. The van der Waals surface area contributed by atoms with Gasteiger partial charge in [-0.3, -0.25) is 4.98 Å². The summed E-state index contributed by atoms with van der Waals surface area (Å²) in [5.74, 6) is 0.957. The van der Waals surface area contributed by atoms with Gasteiger partial charge in [-0.25, -0.2) is 9.78 Å². The summed E-state index contributed by atoms with van der Waals surface area (Å²) >= 11 is 13.0. The Morgan fingerprint density at radius 1 is 1.04 bits per heavy atom. The van der Waals surface area contributed by atoms with E-state index in [1.165, 1.54) is 0 Å². The highest BCUT2D eigenvalue weighted by Crippen LogP contribution is 2.55. The molecule has 4 aromatic rings. The molecule has 5 aliphatic rings. The fourth-order valence-corrected chi connectivity index (χ4v) is 8.13. The maximum absolute atomic E-state index is 11.8. The number of fused-ring (bicyclic) bond motifs is 4. The molecular weight excluding hydrogens is 639 g/mol. The Morgan fingerprint density at radius 2 is 1.77 bits per heavy atom. The van der Waals surface area contributed by atoms with Crippen molar-refractivity contribution in [3.63, 3.8) is 0 Å². The van der Waals surface area contributed by atoms with Gasteiger partial charge >= 0.3 is 5.97 Å². The molecule has 244 valence electrons. The van der Waals surface area contributed by atoms with Crippen molar-refractivity contribution in [3.05, 3.63) is 75.4 Å². The predicted octanol–water partition coefficient (Wildman–Crippen LogP) is 8.33. The topological polar surface area (TPSA) is 111 Å². The highest BCUT2D eigenvalue weighted by Gasteiger charge is 2.48. The van der Waals surface area contributed by atoms with Crippen molar-refractivity contribution < 1.29 is 23.9 Å². The first-order valence-electron chi connectivity index (χ1n) is 16.4. The molecule has 4 saturated carbocycles. The van der Waals surface area contributed by atoms with Crippen LogP contribution in [-0.2, 0) is 16.1 Å². The number of aromatic nitrogens is 3. The number of nitrogens with zero attached hydrogens (tertiary/aromatic N) is 4. The number of ether oxygens (including phenoxy) is 2. The number of pyridine rings is 2. The lowest BCUT2D eigenvalue weighted by Gasteiger charge is -2.52. The van der Waals surface area contributed by atoms with Crippen molar-refractivity contribution in [2.45, 2.75) is 69.5 Å². The molecule has 4 aliphatic carbocycles. The molecule has 3 aromatic heterocycles. The van der Waals surface area contributed by atoms with E-state index in [1.54, 1.807) is 18.5 Å². The van der Waals surface area contributed by atoms with Gasteiger partial charge in [0.25, 0.3) is 0 Å². The first-order chi connectivity index (χ1) is 22.8. The van der Waals surface area contributed by atoms with Gasteiger partial charge in [0.2, 0.25) is 0 Å². The summed E-state index contributed by atoms with van der Waals surface area (Å²) in [7, 11) is 0. The summed E-state index contributed by atoms with van der Waals surface area (Å²) in [4.78, 5) is 22.6. The first kappa shape index (κ1) is 30.8. The number of anilines is 1. The zero-order valence-corrected chi connectivity index (χ0v) is 27.5. The number of benzene rings is 1. The standard InChI is InChI=1S/C36H36Cl2N4O5/c37-27-19-39-20-28(38)30(27)31-26(32(47-41-31)23-3-4-23)21-46-36-10-7-35(8-11-36,9-12-36)6-5-22-1-2-24-18-29(34(43)44)40-33(25(24)17-22)42-13-15-45-16-14-42/h1-2,5-6,17-20,23H,3-4,7-16,21H2,(H,43,44)/b6-5+. The third-order valence-corrected chi connectivity index (χ3v) is 11.2. The molecule has 0 amide bonds. The van der Waals surface area contributed by atoms with Crippen LogP contribution in [-0.4, -0.2) is 58.1 Å². The molecule has 0 atom stereocenters. The van der Waals surface area contributed by atoms with E-state index < -0.39 is 5.97 Å². The fourth-order valence-electron chi connectivity index (χ4n) is 7.58. The van der Waals surface area contributed by atoms with E-state index in [1.807, 2.05) is 6.07 Å². The number of allylic oxidation sites excluding steroid dienone is 1. The van der Waals surface area contributed by atoms with Crippen molar-refractivity contribution >= 4 is 51.8 Å². The summed E-state index contributed by atoms with van der Waals surface area (Å²) in [5.41, 5.74) is 3.38. The maximum Gasteiger partial charge on any atom is 0.354 e. The van der Waals surface area contributed by atoms with Crippen LogP contribution < -0.4 is 4.90 Å². The van der Waals surface area contributed by atoms with Crippen LogP contribution in [0.2, 0.25) is 10.0 Å². The number of hydrogen-bond acceptors (Lipinski definition) is 8. The molecule has 9 rings (SSSR count). The fraction of sp³-hybridized carbons (Fsp3) is 0.444. The lowest BCUT2D eigenvalue weighted by molar-refractivity contribution is -0.133. The van der Waals surface area contributed by atoms with Gasteiger partial charge in [0.15, 0.2) is 5.69 Å². The second-order valence-corrected chi connectivity index (χ2v) is 14.3. The minimum atomic E-state index is -1.02. The van der Waals surface area contributed by atoms with E-state index in [0.29, 0.717) is 65.9 Å². The van der Waals surface area contributed by atoms with Crippen LogP contribution in [0.3, 0.4) is 0 Å². The van der Waals surface area contributed by atoms with Crippen LogP contribution in [0.25, 0.3) is 28.1 Å². The van der Waals surface area contributed by atoms with Gasteiger partial charge in [0, 0.05) is 47.9 Å². The second kappa shape index (κ2) is 12.2. The number of rotatable bonds is 9. The lowest BCUT2D eigenvalue weighted by atomic mass is 9.58. The van der Waals surface area contributed by atoms with Gasteiger partial charge in [-0.1, -0.05) is 52.6 Å². The molecular formula is C36H36Cl2N4O5. The highest BCUT2D eigenvalue weighted by molar-refractivity contribution is 6.38. The Morgan fingerprint density at radius 3 is 2.45 bits per heavy atom. The molecule has 0 spiro atoms. The largest absolute Gasteiger partial charge is 0.477 e. The highest BCUT2D eigenvalue weighted by atomic mass is 35.5. The molecule has 47 heavy (non-hydrogen) atoms. The van der Waals surface area contributed by atoms with Gasteiger partial charge in [-0.05, 0) is 79.9 Å². The quantitative estimate of drug-likeness (QED) is 0.187. The van der Waals surface area contributed by atoms with Crippen molar-refractivity contribution in [1.82, 2.24) is 15.1 Å². The van der Waals surface area contributed by atoms with Gasteiger partial charge in [-0.15, -0.1) is 0 Å². The van der Waals surface area contributed by atoms with Crippen LogP contribution in [0.1, 0.15) is 84.7 Å². The van der Waals surface area contributed by atoms with E-state index >= 15 is 0 Å². The first-order valence-corrected chi connectivity index (χ1v) is 17.2. The number of carboxylic acids is 1. The van der Waals surface area contributed by atoms with Gasteiger partial charge in [0.1, 0.15) is 17.3 Å². The monoisotopic (exact) mass is 674 g/mol. The average molecular weight is 676 g/mol. The number of carbonyl (C=O) groups is 1. The minimum Gasteiger partial charge on any atom is -0.477 e. The van der Waals surface area contributed by atoms with Crippen molar-refractivity contribution in [2.75, 3.05) is 31.2 Å². The van der Waals surface area contributed by atoms with E-state index in [9.17, 15) is 9.90 Å². The molecule has 1 saturated heterocycles. The Labute approximate surface area is 282 Å². The molecule has 1 aliphatic heterocycles. The molecule has 11 heteroatoms. The average Bonchev–Trinajstić information content (AvgIpc) is 3.86. The zero-order chi connectivity index (χ0) is 32.2. The van der Waals surface area contributed by atoms with Gasteiger partial charge < -0.3 is 24.0 Å². The Bertz CT molecular complexity index is 1840. The summed E-state index contributed by atoms with van der Waals surface area (Å²) < 4.78 is 18.2. The van der Waals surface area contributed by atoms with Crippen LogP contribution in [0, 0.1) is 5.41 Å². The van der Waals surface area contributed by atoms with E-state index in [4.69, 9.17) is 37.2 Å². The number of carboxylic acid groups (broad SMARTS) is 1. The number of hydrogen-bond donors (Lipinski definition) is 1. The van der Waals surface area contributed by atoms with E-state index in [2.05, 4.69) is 44.3 Å². The summed E-state index contributed by atoms with van der Waals surface area (Å²) in [6.07, 6.45) is 16.2. The predicted molar refractivity (Wildman–Crippen MR) is 180 cm³/mol. The second-order valence-electron chi connectivity index (χ2n) is 13.5. The molecule has 1 N–H and O–H groups in total. The maximum atomic E-state index is 11.8. The van der Waals surface area contributed by atoms with E-state index in [0.717, 1.165) is 79.0 Å². The third-order valence-electron chi connectivity index (χ3n) is 10.6. The van der Waals surface area contributed by atoms with Crippen LogP contribution >= 0.6 is 23.2 Å². The Balaban J connectivity index is 0.991. The molecule has 4 heterocycles. The molecule has 9 nitrogen and oxygen atoms in total. The van der Waals surface area contributed by atoms with Crippen LogP contribution in [0.5, 0.6) is 0 Å². The van der Waals surface area contributed by atoms with Crippen molar-refractivity contribution in [2.24, 2.45) is 5.41 Å². The van der Waals surface area contributed by atoms with Crippen LogP contribution in [0.4, 0.5) is 5.82 Å². The minimum absolute atomic E-state index is 0.0604. The SMILES string of the molecule is O=C(O)c1cc2ccc(/C=C/C34CCC(OCc5c(-c6c(Cl)cncc6Cl)noc5C5CC5)(CC3)CC4)cc2c(N2CCOCC2)n1. The summed E-state index contributed by atoms with van der Waals surface area (Å²) in [6.45, 7) is 2.99. The van der Waals surface area contributed by atoms with Crippen LogP contribution in [0.15, 0.2) is 47.3 Å². The van der Waals surface area contributed by atoms with Crippen molar-refractivity contribution in [3.8, 4) is 11.3 Å². The van der Waals surface area contributed by atoms with Gasteiger partial charge in [0.05, 0.1) is 35.5 Å².